The molecular weight excluding hydrogens is 100 g/mol. The molecule has 0 spiro atoms. The summed E-state index contributed by atoms with van der Waals surface area (Å²) in [6, 6.07) is 0. The Morgan fingerprint density at radius 1 is 1.83 bits per heavy atom. The molecule has 3 heteroatoms. The summed E-state index contributed by atoms with van der Waals surface area (Å²) in [5.74, 6) is 0.698. The summed E-state index contributed by atoms with van der Waals surface area (Å²) >= 11 is 1.38. The van der Waals surface area contributed by atoms with Gasteiger partial charge in [0.05, 0.1) is 6.61 Å². The van der Waals surface area contributed by atoms with Crippen LogP contribution in [0.3, 0.4) is 0 Å². The molecule has 0 aromatic carbocycles. The lowest BCUT2D eigenvalue weighted by atomic mass is 10.5. The minimum Gasteiger partial charge on any atom is -0.392 e. The van der Waals surface area contributed by atoms with Gasteiger partial charge in [-0.05, 0) is 0 Å². The average Bonchev–Trinajstić information content (AvgIpc) is 2.22. The SMILES string of the molecule is OCC1(O)CS1. The van der Waals surface area contributed by atoms with Gasteiger partial charge in [0.1, 0.15) is 4.93 Å². The number of hydrogen-bond acceptors (Lipinski definition) is 3. The largest absolute Gasteiger partial charge is 0.392 e. The Morgan fingerprint density at radius 2 is 2.33 bits per heavy atom. The maximum Gasteiger partial charge on any atom is 0.142 e. The van der Waals surface area contributed by atoms with Crippen LogP contribution in [0.2, 0.25) is 0 Å². The van der Waals surface area contributed by atoms with E-state index >= 15 is 0 Å². The normalized spacial score (nSPS) is 43.0. The van der Waals surface area contributed by atoms with Crippen molar-refractivity contribution in [3.05, 3.63) is 0 Å². The molecule has 1 fully saturated rings. The number of thioether (sulfide) groups is 1. The van der Waals surface area contributed by atoms with Crippen molar-refractivity contribution in [1.29, 1.82) is 0 Å². The average molecular weight is 106 g/mol. The Kier molecular flexibility index (Phi) is 0.825. The Labute approximate surface area is 40.2 Å². The van der Waals surface area contributed by atoms with Gasteiger partial charge in [-0.2, -0.15) is 0 Å². The number of aliphatic hydroxyl groups excluding tert-OH is 1. The van der Waals surface area contributed by atoms with Gasteiger partial charge in [-0.15, -0.1) is 11.8 Å². The summed E-state index contributed by atoms with van der Waals surface area (Å²) in [5, 5.41) is 16.8. The lowest BCUT2D eigenvalue weighted by molar-refractivity contribution is 0.107. The van der Waals surface area contributed by atoms with Crippen molar-refractivity contribution in [2.45, 2.75) is 4.93 Å². The summed E-state index contributed by atoms with van der Waals surface area (Å²) < 4.78 is 0. The molecule has 1 saturated heterocycles. The Hall–Kier alpha value is 0.270. The van der Waals surface area contributed by atoms with E-state index in [1.54, 1.807) is 0 Å². The number of rotatable bonds is 1. The molecule has 0 radical (unpaired) electrons. The van der Waals surface area contributed by atoms with Crippen molar-refractivity contribution >= 4 is 11.8 Å². The lowest BCUT2D eigenvalue weighted by Crippen LogP contribution is -2.11. The van der Waals surface area contributed by atoms with E-state index in [2.05, 4.69) is 0 Å². The molecule has 0 saturated carbocycles. The number of hydrogen-bond donors (Lipinski definition) is 2. The zero-order chi connectivity index (χ0) is 4.62. The second kappa shape index (κ2) is 1.12. The first kappa shape index (κ1) is 4.43. The van der Waals surface area contributed by atoms with Crippen molar-refractivity contribution < 1.29 is 10.2 Å². The van der Waals surface area contributed by atoms with Gasteiger partial charge in [-0.25, -0.2) is 0 Å². The predicted octanol–water partition coefficient (Wildman–Crippen LogP) is -0.586. The number of aliphatic hydroxyl groups is 2. The van der Waals surface area contributed by atoms with Gasteiger partial charge in [0, 0.05) is 5.75 Å². The zero-order valence-electron chi connectivity index (χ0n) is 3.22. The topological polar surface area (TPSA) is 40.5 Å². The third kappa shape index (κ3) is 0.668. The molecule has 2 nitrogen and oxygen atoms in total. The van der Waals surface area contributed by atoms with Crippen LogP contribution in [0.4, 0.5) is 0 Å². The summed E-state index contributed by atoms with van der Waals surface area (Å²) in [6.07, 6.45) is 0. The van der Waals surface area contributed by atoms with Gasteiger partial charge in [0.15, 0.2) is 0 Å². The second-order valence-electron chi connectivity index (χ2n) is 1.39. The molecular formula is C3H6O2S. The minimum atomic E-state index is -0.736. The van der Waals surface area contributed by atoms with Crippen LogP contribution in [0.1, 0.15) is 0 Å². The van der Waals surface area contributed by atoms with Crippen LogP contribution in [0.25, 0.3) is 0 Å². The highest BCUT2D eigenvalue weighted by Crippen LogP contribution is 2.40. The van der Waals surface area contributed by atoms with Crippen LogP contribution < -0.4 is 0 Å². The lowest BCUT2D eigenvalue weighted by Gasteiger charge is -1.93. The molecule has 2 N–H and O–H groups in total. The Morgan fingerprint density at radius 3 is 2.33 bits per heavy atom. The van der Waals surface area contributed by atoms with Crippen molar-refractivity contribution in [3.63, 3.8) is 0 Å². The van der Waals surface area contributed by atoms with Gasteiger partial charge in [-0.1, -0.05) is 0 Å². The molecule has 6 heavy (non-hydrogen) atoms. The summed E-state index contributed by atoms with van der Waals surface area (Å²) in [6.45, 7) is -0.0995. The fraction of sp³-hybridized carbons (Fsp3) is 1.00. The van der Waals surface area contributed by atoms with E-state index in [4.69, 9.17) is 10.2 Å². The van der Waals surface area contributed by atoms with E-state index in [0.717, 1.165) is 0 Å². The maximum atomic E-state index is 8.65. The van der Waals surface area contributed by atoms with E-state index in [9.17, 15) is 0 Å². The highest BCUT2D eigenvalue weighted by atomic mass is 32.2. The molecule has 0 amide bonds. The third-order valence-electron chi connectivity index (χ3n) is 0.725. The van der Waals surface area contributed by atoms with E-state index in [-0.39, 0.29) is 6.61 Å². The van der Waals surface area contributed by atoms with Gasteiger partial charge in [0.2, 0.25) is 0 Å². The fourth-order valence-corrected chi connectivity index (χ4v) is 0.524. The van der Waals surface area contributed by atoms with E-state index in [1.807, 2.05) is 0 Å². The summed E-state index contributed by atoms with van der Waals surface area (Å²) in [5.41, 5.74) is 0. The van der Waals surface area contributed by atoms with Crippen molar-refractivity contribution in [3.8, 4) is 0 Å². The molecule has 0 aromatic heterocycles. The Bertz CT molecular complexity index is 59.8. The maximum absolute atomic E-state index is 8.65. The zero-order valence-corrected chi connectivity index (χ0v) is 4.03. The first-order valence-electron chi connectivity index (χ1n) is 1.74. The molecule has 1 aliphatic heterocycles. The minimum absolute atomic E-state index is 0.0995. The molecule has 1 aliphatic rings. The van der Waals surface area contributed by atoms with E-state index in [0.29, 0.717) is 5.75 Å². The molecule has 0 aliphatic carbocycles. The van der Waals surface area contributed by atoms with E-state index < -0.39 is 4.93 Å². The molecule has 1 heterocycles. The molecule has 1 rings (SSSR count). The van der Waals surface area contributed by atoms with Crippen LogP contribution >= 0.6 is 11.8 Å². The molecule has 36 valence electrons. The Balaban J connectivity index is 2.28. The van der Waals surface area contributed by atoms with Gasteiger partial charge >= 0.3 is 0 Å². The molecule has 1 atom stereocenters. The van der Waals surface area contributed by atoms with Gasteiger partial charge in [0.25, 0.3) is 0 Å². The quantitative estimate of drug-likeness (QED) is 0.439. The van der Waals surface area contributed by atoms with Crippen LogP contribution in [0, 0.1) is 0 Å². The standard InChI is InChI=1S/C3H6O2S/c4-1-3(5)2-6-3/h4-5H,1-2H2. The summed E-state index contributed by atoms with van der Waals surface area (Å²) in [7, 11) is 0. The predicted molar refractivity (Wildman–Crippen MR) is 24.5 cm³/mol. The van der Waals surface area contributed by atoms with E-state index in [1.165, 1.54) is 11.8 Å². The monoisotopic (exact) mass is 106 g/mol. The third-order valence-corrected chi connectivity index (χ3v) is 1.81. The fourth-order valence-electron chi connectivity index (χ4n) is 0.175. The highest BCUT2D eigenvalue weighted by molar-refractivity contribution is 8.07. The van der Waals surface area contributed by atoms with Gasteiger partial charge < -0.3 is 10.2 Å². The summed E-state index contributed by atoms with van der Waals surface area (Å²) in [4.78, 5) is -0.736. The highest BCUT2D eigenvalue weighted by Gasteiger charge is 2.40. The first-order chi connectivity index (χ1) is 2.77. The second-order valence-corrected chi connectivity index (χ2v) is 2.73. The molecule has 1 unspecified atom stereocenters. The van der Waals surface area contributed by atoms with Crippen LogP contribution in [-0.4, -0.2) is 27.5 Å². The van der Waals surface area contributed by atoms with Crippen LogP contribution in [0.15, 0.2) is 0 Å². The van der Waals surface area contributed by atoms with Crippen LogP contribution in [-0.2, 0) is 0 Å². The first-order valence-corrected chi connectivity index (χ1v) is 2.73. The van der Waals surface area contributed by atoms with Crippen molar-refractivity contribution in [1.82, 2.24) is 0 Å². The van der Waals surface area contributed by atoms with Crippen molar-refractivity contribution in [2.24, 2.45) is 0 Å². The molecule has 0 aromatic rings. The van der Waals surface area contributed by atoms with Crippen LogP contribution in [0.5, 0.6) is 0 Å². The van der Waals surface area contributed by atoms with Crippen molar-refractivity contribution in [2.75, 3.05) is 12.4 Å². The van der Waals surface area contributed by atoms with Gasteiger partial charge in [-0.3, -0.25) is 0 Å². The smallest absolute Gasteiger partial charge is 0.142 e. The molecule has 0 bridgehead atoms.